The SMILES string of the molecule is CCn1nc(C)cc1C(NC)c1ccc(F)cc1. The first-order valence-electron chi connectivity index (χ1n) is 6.12. The molecule has 0 radical (unpaired) electrons. The molecule has 0 saturated carbocycles. The van der Waals surface area contributed by atoms with Gasteiger partial charge in [0, 0.05) is 6.54 Å². The normalized spacial score (nSPS) is 12.7. The molecule has 0 aliphatic carbocycles. The Labute approximate surface area is 107 Å². The van der Waals surface area contributed by atoms with E-state index in [0.717, 1.165) is 23.5 Å². The summed E-state index contributed by atoms with van der Waals surface area (Å²) in [5.41, 5.74) is 3.13. The summed E-state index contributed by atoms with van der Waals surface area (Å²) in [6.45, 7) is 4.86. The highest BCUT2D eigenvalue weighted by atomic mass is 19.1. The molecule has 1 unspecified atom stereocenters. The largest absolute Gasteiger partial charge is 0.308 e. The van der Waals surface area contributed by atoms with E-state index >= 15 is 0 Å². The average molecular weight is 247 g/mol. The molecule has 2 aromatic rings. The fraction of sp³-hybridized carbons (Fsp3) is 0.357. The fourth-order valence-electron chi connectivity index (χ4n) is 2.19. The summed E-state index contributed by atoms with van der Waals surface area (Å²) in [6, 6.07) is 8.68. The molecule has 1 aromatic carbocycles. The van der Waals surface area contributed by atoms with Gasteiger partial charge in [0.25, 0.3) is 0 Å². The predicted octanol–water partition coefficient (Wildman–Crippen LogP) is 2.66. The van der Waals surface area contributed by atoms with Crippen LogP contribution in [0.25, 0.3) is 0 Å². The summed E-state index contributed by atoms with van der Waals surface area (Å²) in [5.74, 6) is -0.214. The summed E-state index contributed by atoms with van der Waals surface area (Å²) < 4.78 is 14.9. The maximum absolute atomic E-state index is 13.0. The van der Waals surface area contributed by atoms with Crippen molar-refractivity contribution in [2.45, 2.75) is 26.4 Å². The Morgan fingerprint density at radius 2 is 2.00 bits per heavy atom. The van der Waals surface area contributed by atoms with Crippen molar-refractivity contribution in [2.24, 2.45) is 0 Å². The van der Waals surface area contributed by atoms with Gasteiger partial charge in [-0.25, -0.2) is 4.39 Å². The third-order valence-corrected chi connectivity index (χ3v) is 3.02. The second kappa shape index (κ2) is 5.31. The van der Waals surface area contributed by atoms with Gasteiger partial charge in [-0.15, -0.1) is 0 Å². The van der Waals surface area contributed by atoms with Crippen LogP contribution < -0.4 is 5.32 Å². The first kappa shape index (κ1) is 12.8. The summed E-state index contributed by atoms with van der Waals surface area (Å²) >= 11 is 0. The third kappa shape index (κ3) is 2.43. The lowest BCUT2D eigenvalue weighted by atomic mass is 10.0. The Kier molecular flexibility index (Phi) is 3.77. The number of aromatic nitrogens is 2. The highest BCUT2D eigenvalue weighted by Crippen LogP contribution is 2.22. The maximum atomic E-state index is 13.0. The minimum absolute atomic E-state index is 0.0340. The van der Waals surface area contributed by atoms with E-state index in [-0.39, 0.29) is 11.9 Å². The van der Waals surface area contributed by atoms with Crippen molar-refractivity contribution >= 4 is 0 Å². The minimum Gasteiger partial charge on any atom is -0.308 e. The topological polar surface area (TPSA) is 29.9 Å². The van der Waals surface area contributed by atoms with Gasteiger partial charge in [-0.05, 0) is 44.7 Å². The molecule has 0 spiro atoms. The molecule has 1 aromatic heterocycles. The Hall–Kier alpha value is -1.68. The summed E-state index contributed by atoms with van der Waals surface area (Å²) in [4.78, 5) is 0. The monoisotopic (exact) mass is 247 g/mol. The number of aryl methyl sites for hydroxylation is 2. The third-order valence-electron chi connectivity index (χ3n) is 3.02. The van der Waals surface area contributed by atoms with Crippen molar-refractivity contribution in [2.75, 3.05) is 7.05 Å². The number of nitrogens with zero attached hydrogens (tertiary/aromatic N) is 2. The van der Waals surface area contributed by atoms with Gasteiger partial charge in [0.1, 0.15) is 5.82 Å². The molecule has 1 atom stereocenters. The molecule has 96 valence electrons. The molecule has 0 bridgehead atoms. The molecule has 0 fully saturated rings. The Bertz CT molecular complexity index is 516. The van der Waals surface area contributed by atoms with Crippen LogP contribution in [0, 0.1) is 12.7 Å². The number of benzene rings is 1. The van der Waals surface area contributed by atoms with Gasteiger partial charge in [-0.3, -0.25) is 4.68 Å². The van der Waals surface area contributed by atoms with E-state index in [2.05, 4.69) is 23.4 Å². The molecule has 0 saturated heterocycles. The van der Waals surface area contributed by atoms with Crippen LogP contribution in [0.1, 0.15) is 29.9 Å². The lowest BCUT2D eigenvalue weighted by Crippen LogP contribution is -2.21. The van der Waals surface area contributed by atoms with E-state index in [1.165, 1.54) is 12.1 Å². The van der Waals surface area contributed by atoms with E-state index in [1.54, 1.807) is 12.1 Å². The van der Waals surface area contributed by atoms with E-state index in [4.69, 9.17) is 0 Å². The Balaban J connectivity index is 2.41. The van der Waals surface area contributed by atoms with Gasteiger partial charge in [0.15, 0.2) is 0 Å². The molecule has 2 rings (SSSR count). The van der Waals surface area contributed by atoms with Crippen molar-refractivity contribution in [3.63, 3.8) is 0 Å². The predicted molar refractivity (Wildman–Crippen MR) is 69.9 cm³/mol. The summed E-state index contributed by atoms with van der Waals surface area (Å²) in [5, 5.41) is 7.70. The van der Waals surface area contributed by atoms with Gasteiger partial charge in [-0.1, -0.05) is 12.1 Å². The zero-order valence-corrected chi connectivity index (χ0v) is 10.9. The van der Waals surface area contributed by atoms with Crippen molar-refractivity contribution in [1.29, 1.82) is 0 Å². The van der Waals surface area contributed by atoms with Crippen LogP contribution in [0.4, 0.5) is 4.39 Å². The molecular formula is C14H18FN3. The Morgan fingerprint density at radius 3 is 2.56 bits per heavy atom. The molecule has 0 aliphatic rings. The lowest BCUT2D eigenvalue weighted by molar-refractivity contribution is 0.560. The first-order chi connectivity index (χ1) is 8.65. The molecule has 0 aliphatic heterocycles. The van der Waals surface area contributed by atoms with Gasteiger partial charge in [-0.2, -0.15) is 5.10 Å². The van der Waals surface area contributed by atoms with Crippen molar-refractivity contribution in [1.82, 2.24) is 15.1 Å². The first-order valence-corrected chi connectivity index (χ1v) is 6.12. The van der Waals surface area contributed by atoms with Crippen LogP contribution in [-0.2, 0) is 6.54 Å². The molecule has 3 nitrogen and oxygen atoms in total. The van der Waals surface area contributed by atoms with Gasteiger partial charge < -0.3 is 5.32 Å². The quantitative estimate of drug-likeness (QED) is 0.900. The van der Waals surface area contributed by atoms with Crippen molar-refractivity contribution in [3.05, 3.63) is 53.1 Å². The molecule has 1 N–H and O–H groups in total. The highest BCUT2D eigenvalue weighted by molar-refractivity contribution is 5.29. The lowest BCUT2D eigenvalue weighted by Gasteiger charge is -2.17. The molecule has 1 heterocycles. The molecular weight excluding hydrogens is 229 g/mol. The highest BCUT2D eigenvalue weighted by Gasteiger charge is 2.17. The zero-order valence-electron chi connectivity index (χ0n) is 10.9. The van der Waals surface area contributed by atoms with Gasteiger partial charge in [0.2, 0.25) is 0 Å². The van der Waals surface area contributed by atoms with Crippen LogP contribution in [0.5, 0.6) is 0 Å². The van der Waals surface area contributed by atoms with Crippen LogP contribution >= 0.6 is 0 Å². The van der Waals surface area contributed by atoms with E-state index < -0.39 is 0 Å². The van der Waals surface area contributed by atoms with Crippen LogP contribution in [-0.4, -0.2) is 16.8 Å². The minimum atomic E-state index is -0.214. The molecule has 4 heteroatoms. The van der Waals surface area contributed by atoms with Crippen LogP contribution in [0.2, 0.25) is 0 Å². The smallest absolute Gasteiger partial charge is 0.123 e. The average Bonchev–Trinajstić information content (AvgIpc) is 2.74. The molecule has 18 heavy (non-hydrogen) atoms. The van der Waals surface area contributed by atoms with E-state index in [0.29, 0.717) is 0 Å². The van der Waals surface area contributed by atoms with Crippen molar-refractivity contribution in [3.8, 4) is 0 Å². The maximum Gasteiger partial charge on any atom is 0.123 e. The van der Waals surface area contributed by atoms with Crippen LogP contribution in [0.15, 0.2) is 30.3 Å². The number of hydrogen-bond donors (Lipinski definition) is 1. The zero-order chi connectivity index (χ0) is 13.1. The summed E-state index contributed by atoms with van der Waals surface area (Å²) in [6.07, 6.45) is 0. The van der Waals surface area contributed by atoms with Gasteiger partial charge >= 0.3 is 0 Å². The summed E-state index contributed by atoms with van der Waals surface area (Å²) in [7, 11) is 1.90. The number of halogens is 1. The second-order valence-electron chi connectivity index (χ2n) is 4.30. The number of nitrogens with one attached hydrogen (secondary N) is 1. The number of hydrogen-bond acceptors (Lipinski definition) is 2. The van der Waals surface area contributed by atoms with E-state index in [9.17, 15) is 4.39 Å². The fourth-order valence-corrected chi connectivity index (χ4v) is 2.19. The van der Waals surface area contributed by atoms with Gasteiger partial charge in [0.05, 0.1) is 17.4 Å². The molecule has 0 amide bonds. The Morgan fingerprint density at radius 1 is 1.33 bits per heavy atom. The van der Waals surface area contributed by atoms with E-state index in [1.807, 2.05) is 18.7 Å². The van der Waals surface area contributed by atoms with Crippen molar-refractivity contribution < 1.29 is 4.39 Å². The second-order valence-corrected chi connectivity index (χ2v) is 4.30. The number of rotatable bonds is 4. The standard InChI is InChI=1S/C14H18FN3/c1-4-18-13(9-10(2)17-18)14(16-3)11-5-7-12(15)8-6-11/h5-9,14,16H,4H2,1-3H3. The van der Waals surface area contributed by atoms with Crippen LogP contribution in [0.3, 0.4) is 0 Å².